The van der Waals surface area contributed by atoms with Crippen LogP contribution in [0, 0.1) is 22.3 Å². The average molecular weight is 460 g/mol. The molecule has 1 heteroatoms. The summed E-state index contributed by atoms with van der Waals surface area (Å²) in [5.41, 5.74) is 6.91. The molecular weight excluding hydrogens is 427 g/mol. The zero-order chi connectivity index (χ0) is 19.1. The van der Waals surface area contributed by atoms with Gasteiger partial charge in [-0.3, -0.25) is 0 Å². The van der Waals surface area contributed by atoms with E-state index in [9.17, 15) is 0 Å². The van der Waals surface area contributed by atoms with Crippen LogP contribution in [0.1, 0.15) is 69.2 Å². The fraction of sp³-hybridized carbons (Fsp3) is 0.440. The van der Waals surface area contributed by atoms with Crippen LogP contribution in [-0.4, -0.2) is 0 Å². The highest BCUT2D eigenvalue weighted by Gasteiger charge is 2.10. The first-order valence-corrected chi connectivity index (χ1v) is 11.1. The van der Waals surface area contributed by atoms with Gasteiger partial charge in [0.2, 0.25) is 0 Å². The van der Waals surface area contributed by atoms with Crippen molar-refractivity contribution in [3.63, 3.8) is 0 Å². The quantitative estimate of drug-likeness (QED) is 0.275. The summed E-state index contributed by atoms with van der Waals surface area (Å²) >= 11 is 2.44. The fourth-order valence-corrected chi connectivity index (χ4v) is 3.85. The molecule has 2 unspecified atom stereocenters. The molecule has 0 heterocycles. The van der Waals surface area contributed by atoms with Gasteiger partial charge >= 0.3 is 0 Å². The lowest BCUT2D eigenvalue weighted by Crippen LogP contribution is -2.08. The molecule has 0 radical (unpaired) electrons. The van der Waals surface area contributed by atoms with E-state index in [2.05, 4.69) is 106 Å². The first-order chi connectivity index (χ1) is 12.4. The third-order valence-corrected chi connectivity index (χ3v) is 6.65. The second kappa shape index (κ2) is 10.3. The van der Waals surface area contributed by atoms with E-state index in [-0.39, 0.29) is 0 Å². The van der Waals surface area contributed by atoms with Gasteiger partial charge in [-0.05, 0) is 88.9 Å². The van der Waals surface area contributed by atoms with Crippen LogP contribution in [-0.2, 0) is 6.42 Å². The number of benzene rings is 2. The van der Waals surface area contributed by atoms with Crippen molar-refractivity contribution < 1.29 is 0 Å². The Kier molecular flexibility index (Phi) is 8.40. The Morgan fingerprint density at radius 3 is 2.50 bits per heavy atom. The molecule has 0 N–H and O–H groups in total. The van der Waals surface area contributed by atoms with Crippen molar-refractivity contribution in [1.29, 1.82) is 0 Å². The number of halogens is 1. The Labute approximate surface area is 174 Å². The highest BCUT2D eigenvalue weighted by molar-refractivity contribution is 14.1. The van der Waals surface area contributed by atoms with Gasteiger partial charge in [-0.15, -0.1) is 0 Å². The monoisotopic (exact) mass is 460 g/mol. The van der Waals surface area contributed by atoms with Gasteiger partial charge in [0.25, 0.3) is 0 Å². The van der Waals surface area contributed by atoms with Crippen LogP contribution in [0.15, 0.2) is 42.5 Å². The first-order valence-electron chi connectivity index (χ1n) is 10.0. The Morgan fingerprint density at radius 1 is 1.04 bits per heavy atom. The molecule has 0 saturated heterocycles. The average Bonchev–Trinajstić information content (AvgIpc) is 2.66. The molecule has 0 aromatic heterocycles. The minimum absolute atomic E-state index is 0.790. The summed E-state index contributed by atoms with van der Waals surface area (Å²) in [6.45, 7) is 11.5. The maximum atomic E-state index is 2.44. The van der Waals surface area contributed by atoms with Crippen molar-refractivity contribution in [1.82, 2.24) is 0 Å². The normalized spacial score (nSPS) is 14.3. The first kappa shape index (κ1) is 21.2. The highest BCUT2D eigenvalue weighted by Crippen LogP contribution is 2.26. The molecule has 0 aliphatic carbocycles. The SMILES string of the molecule is CC/C(=C\c1cc(C)ccc1I)c1cccc(CCC(C)C(C)CC)c1. The third kappa shape index (κ3) is 5.97. The maximum Gasteiger partial charge on any atom is 0.0203 e. The fourth-order valence-electron chi connectivity index (χ4n) is 3.36. The van der Waals surface area contributed by atoms with Crippen LogP contribution >= 0.6 is 22.6 Å². The summed E-state index contributed by atoms with van der Waals surface area (Å²) in [4.78, 5) is 0. The molecule has 0 fully saturated rings. The van der Waals surface area contributed by atoms with Crippen molar-refractivity contribution in [3.05, 3.63) is 68.3 Å². The summed E-state index contributed by atoms with van der Waals surface area (Å²) in [6.07, 6.45) is 7.16. The van der Waals surface area contributed by atoms with Crippen LogP contribution < -0.4 is 0 Å². The number of aryl methyl sites for hydroxylation is 2. The topological polar surface area (TPSA) is 0 Å². The van der Waals surface area contributed by atoms with Crippen LogP contribution in [0.3, 0.4) is 0 Å². The molecule has 0 spiro atoms. The summed E-state index contributed by atoms with van der Waals surface area (Å²) in [5, 5.41) is 0. The van der Waals surface area contributed by atoms with Crippen molar-refractivity contribution in [2.24, 2.45) is 11.8 Å². The van der Waals surface area contributed by atoms with Gasteiger partial charge in [0.1, 0.15) is 0 Å². The van der Waals surface area contributed by atoms with Crippen molar-refractivity contribution in [2.45, 2.75) is 60.3 Å². The van der Waals surface area contributed by atoms with E-state index in [4.69, 9.17) is 0 Å². The Balaban J connectivity index is 2.21. The molecule has 0 saturated carbocycles. The molecule has 0 aliphatic rings. The zero-order valence-electron chi connectivity index (χ0n) is 17.0. The van der Waals surface area contributed by atoms with E-state index >= 15 is 0 Å². The van der Waals surface area contributed by atoms with Gasteiger partial charge < -0.3 is 0 Å². The molecule has 2 rings (SSSR count). The van der Waals surface area contributed by atoms with E-state index in [0.717, 1.165) is 18.3 Å². The largest absolute Gasteiger partial charge is 0.0651 e. The van der Waals surface area contributed by atoms with E-state index in [1.807, 2.05) is 0 Å². The maximum absolute atomic E-state index is 2.44. The summed E-state index contributed by atoms with van der Waals surface area (Å²) < 4.78 is 1.32. The van der Waals surface area contributed by atoms with Crippen LogP contribution in [0.4, 0.5) is 0 Å². The Bertz CT molecular complexity index is 742. The molecule has 0 aliphatic heterocycles. The summed E-state index contributed by atoms with van der Waals surface area (Å²) in [6, 6.07) is 15.9. The predicted molar refractivity (Wildman–Crippen MR) is 125 cm³/mol. The molecular formula is C25H33I. The number of rotatable bonds is 8. The lowest BCUT2D eigenvalue weighted by atomic mass is 9.88. The van der Waals surface area contributed by atoms with Gasteiger partial charge in [-0.2, -0.15) is 0 Å². The third-order valence-electron chi connectivity index (χ3n) is 5.66. The van der Waals surface area contributed by atoms with Gasteiger partial charge in [0, 0.05) is 3.57 Å². The summed E-state index contributed by atoms with van der Waals surface area (Å²) in [7, 11) is 0. The highest BCUT2D eigenvalue weighted by atomic mass is 127. The zero-order valence-corrected chi connectivity index (χ0v) is 19.1. The molecule has 140 valence electrons. The Morgan fingerprint density at radius 2 is 1.81 bits per heavy atom. The molecule has 0 bridgehead atoms. The molecule has 0 amide bonds. The number of hydrogen-bond acceptors (Lipinski definition) is 0. The number of allylic oxidation sites excluding steroid dienone is 1. The van der Waals surface area contributed by atoms with Gasteiger partial charge in [0.15, 0.2) is 0 Å². The summed E-state index contributed by atoms with van der Waals surface area (Å²) in [5.74, 6) is 1.60. The lowest BCUT2D eigenvalue weighted by Gasteiger charge is -2.18. The Hall–Kier alpha value is -1.09. The second-order valence-corrected chi connectivity index (χ2v) is 8.81. The molecule has 26 heavy (non-hydrogen) atoms. The smallest absolute Gasteiger partial charge is 0.0203 e. The van der Waals surface area contributed by atoms with Gasteiger partial charge in [0.05, 0.1) is 0 Å². The van der Waals surface area contributed by atoms with Crippen molar-refractivity contribution >= 4 is 34.2 Å². The van der Waals surface area contributed by atoms with Crippen LogP contribution in [0.5, 0.6) is 0 Å². The standard InChI is InChI=1S/C25H33I/c1-6-19(4)20(5)12-13-21-9-8-10-23(16-21)22(7-2)17-24-15-18(3)11-14-25(24)26/h8-11,14-17,19-20H,6-7,12-13H2,1-5H3/b22-17+. The minimum atomic E-state index is 0.790. The molecule has 0 nitrogen and oxygen atoms in total. The van der Waals surface area contributed by atoms with Crippen molar-refractivity contribution in [3.8, 4) is 0 Å². The van der Waals surface area contributed by atoms with E-state index in [1.165, 1.54) is 50.7 Å². The second-order valence-electron chi connectivity index (χ2n) is 7.65. The van der Waals surface area contributed by atoms with Crippen LogP contribution in [0.25, 0.3) is 11.6 Å². The van der Waals surface area contributed by atoms with Crippen LogP contribution in [0.2, 0.25) is 0 Å². The van der Waals surface area contributed by atoms with Crippen molar-refractivity contribution in [2.75, 3.05) is 0 Å². The number of hydrogen-bond donors (Lipinski definition) is 0. The van der Waals surface area contributed by atoms with Gasteiger partial charge in [-0.25, -0.2) is 0 Å². The van der Waals surface area contributed by atoms with Gasteiger partial charge in [-0.1, -0.05) is 82.2 Å². The molecule has 2 atom stereocenters. The molecule has 2 aromatic carbocycles. The van der Waals surface area contributed by atoms with E-state index in [1.54, 1.807) is 0 Å². The minimum Gasteiger partial charge on any atom is -0.0651 e. The van der Waals surface area contributed by atoms with E-state index in [0.29, 0.717) is 0 Å². The predicted octanol–water partition coefficient (Wildman–Crippen LogP) is 8.17. The lowest BCUT2D eigenvalue weighted by molar-refractivity contribution is 0.355. The van der Waals surface area contributed by atoms with E-state index < -0.39 is 0 Å². The molecule has 2 aromatic rings.